The number of aryl methyl sites for hydroxylation is 1. The maximum absolute atomic E-state index is 11.0. The average molecular weight is 412 g/mol. The monoisotopic (exact) mass is 412 g/mol. The van der Waals surface area contributed by atoms with Crippen LogP contribution in [-0.4, -0.2) is 16.5 Å². The van der Waals surface area contributed by atoms with Crippen molar-refractivity contribution < 1.29 is 4.92 Å². The van der Waals surface area contributed by atoms with Gasteiger partial charge >= 0.3 is 0 Å². The van der Waals surface area contributed by atoms with Crippen LogP contribution in [0.2, 0.25) is 0 Å². The van der Waals surface area contributed by atoms with Gasteiger partial charge in [-0.15, -0.1) is 0 Å². The molecular weight excluding hydrogens is 388 g/mol. The number of hydrogen-bond donors (Lipinski definition) is 1. The lowest BCUT2D eigenvalue weighted by Crippen LogP contribution is -2.20. The second-order valence-electron chi connectivity index (χ2n) is 8.68. The molecule has 0 unspecified atom stereocenters. The Bertz CT molecular complexity index is 1200. The third kappa shape index (κ3) is 4.23. The summed E-state index contributed by atoms with van der Waals surface area (Å²) in [6.45, 7) is 8.57. The Balaban J connectivity index is 1.77. The normalized spacial score (nSPS) is 13.4. The van der Waals surface area contributed by atoms with Crippen molar-refractivity contribution in [3.63, 3.8) is 0 Å². The zero-order valence-electron chi connectivity index (χ0n) is 18.0. The number of nitrogens with zero attached hydrogens (tertiary/aromatic N) is 3. The highest BCUT2D eigenvalue weighted by molar-refractivity contribution is 6.18. The Morgan fingerprint density at radius 3 is 2.16 bits per heavy atom. The molecule has 1 heterocycles. The Hall–Kier alpha value is -3.80. The summed E-state index contributed by atoms with van der Waals surface area (Å²) < 4.78 is 0. The second-order valence-corrected chi connectivity index (χ2v) is 8.68. The number of fused-ring (bicyclic) bond motifs is 1. The van der Waals surface area contributed by atoms with Gasteiger partial charge in [0.25, 0.3) is 5.69 Å². The molecule has 0 atom stereocenters. The van der Waals surface area contributed by atoms with E-state index < -0.39 is 4.92 Å². The Kier molecular flexibility index (Phi) is 5.15. The van der Waals surface area contributed by atoms with E-state index in [9.17, 15) is 10.1 Å². The first-order chi connectivity index (χ1) is 14.7. The molecule has 0 aliphatic carbocycles. The highest BCUT2D eigenvalue weighted by Gasteiger charge is 2.19. The quantitative estimate of drug-likeness (QED) is 0.447. The van der Waals surface area contributed by atoms with Gasteiger partial charge in [-0.05, 0) is 42.2 Å². The van der Waals surface area contributed by atoms with E-state index in [0.717, 1.165) is 27.9 Å². The maximum atomic E-state index is 11.0. The molecule has 0 saturated carbocycles. The second kappa shape index (κ2) is 7.80. The van der Waals surface area contributed by atoms with Crippen LogP contribution in [0.25, 0.3) is 0 Å². The molecule has 0 aromatic heterocycles. The van der Waals surface area contributed by atoms with Gasteiger partial charge in [-0.25, -0.2) is 4.99 Å². The molecule has 156 valence electrons. The lowest BCUT2D eigenvalue weighted by molar-refractivity contribution is -0.384. The SMILES string of the molecule is Cc1ccc2c(c1)C(c1ccc([N+](=O)[O-])cc1)=NNC(c1ccc(C(C)(C)C)cc1)=N2. The number of hydrogen-bond acceptors (Lipinski definition) is 5. The van der Waals surface area contributed by atoms with Crippen molar-refractivity contribution in [3.8, 4) is 0 Å². The number of amidine groups is 1. The van der Waals surface area contributed by atoms with Crippen molar-refractivity contribution in [3.05, 3.63) is 105 Å². The van der Waals surface area contributed by atoms with Crippen molar-refractivity contribution in [2.75, 3.05) is 0 Å². The van der Waals surface area contributed by atoms with Gasteiger partial charge in [0.05, 0.1) is 16.3 Å². The topological polar surface area (TPSA) is 79.9 Å². The van der Waals surface area contributed by atoms with E-state index in [1.807, 2.05) is 37.3 Å². The van der Waals surface area contributed by atoms with Gasteiger partial charge < -0.3 is 0 Å². The van der Waals surface area contributed by atoms with Crippen molar-refractivity contribution in [2.45, 2.75) is 33.1 Å². The van der Waals surface area contributed by atoms with Crippen molar-refractivity contribution in [1.82, 2.24) is 5.43 Å². The third-order valence-corrected chi connectivity index (χ3v) is 5.29. The number of aliphatic imine (C=N–C) groups is 1. The summed E-state index contributed by atoms with van der Waals surface area (Å²) in [6.07, 6.45) is 0. The van der Waals surface area contributed by atoms with Crippen LogP contribution in [0.3, 0.4) is 0 Å². The van der Waals surface area contributed by atoms with E-state index in [-0.39, 0.29) is 11.1 Å². The first-order valence-electron chi connectivity index (χ1n) is 10.1. The summed E-state index contributed by atoms with van der Waals surface area (Å²) in [6, 6.07) is 20.8. The molecule has 0 spiro atoms. The number of nitro groups is 1. The molecule has 6 nitrogen and oxygen atoms in total. The maximum Gasteiger partial charge on any atom is 0.269 e. The first-order valence-corrected chi connectivity index (χ1v) is 10.1. The molecule has 0 fully saturated rings. The standard InChI is InChI=1S/C25H24N4O2/c1-16-5-14-22-21(15-16)23(17-8-12-20(13-9-17)29(30)31)27-28-24(26-22)18-6-10-19(11-7-18)25(2,3)4/h5-15H,1-4H3,(H,26,28). The minimum Gasteiger partial charge on any atom is -0.260 e. The van der Waals surface area contributed by atoms with Gasteiger partial charge in [-0.2, -0.15) is 5.10 Å². The number of non-ortho nitro benzene ring substituents is 1. The zero-order chi connectivity index (χ0) is 22.2. The van der Waals surface area contributed by atoms with Crippen LogP contribution in [0.15, 0.2) is 76.8 Å². The highest BCUT2D eigenvalue weighted by atomic mass is 16.6. The number of benzene rings is 3. The summed E-state index contributed by atoms with van der Waals surface area (Å²) >= 11 is 0. The third-order valence-electron chi connectivity index (χ3n) is 5.29. The van der Waals surface area contributed by atoms with E-state index >= 15 is 0 Å². The first kappa shape index (κ1) is 20.5. The van der Waals surface area contributed by atoms with Crippen LogP contribution in [0.4, 0.5) is 11.4 Å². The van der Waals surface area contributed by atoms with E-state index in [4.69, 9.17) is 4.99 Å². The van der Waals surface area contributed by atoms with Crippen molar-refractivity contribution >= 4 is 22.9 Å². The van der Waals surface area contributed by atoms with E-state index in [1.165, 1.54) is 17.7 Å². The van der Waals surface area contributed by atoms with Gasteiger partial charge in [0.1, 0.15) is 0 Å². The van der Waals surface area contributed by atoms with Gasteiger partial charge in [0.2, 0.25) is 0 Å². The Morgan fingerprint density at radius 1 is 0.903 bits per heavy atom. The minimum atomic E-state index is -0.405. The Labute approximate surface area is 181 Å². The van der Waals surface area contributed by atoms with Crippen LogP contribution in [0.5, 0.6) is 0 Å². The summed E-state index contributed by atoms with van der Waals surface area (Å²) in [5.41, 5.74) is 9.65. The van der Waals surface area contributed by atoms with Crippen molar-refractivity contribution in [2.24, 2.45) is 10.1 Å². The summed E-state index contributed by atoms with van der Waals surface area (Å²) in [4.78, 5) is 15.5. The molecule has 0 amide bonds. The predicted octanol–water partition coefficient (Wildman–Crippen LogP) is 5.63. The molecule has 3 aromatic carbocycles. The molecule has 0 radical (unpaired) electrons. The van der Waals surface area contributed by atoms with E-state index in [1.54, 1.807) is 12.1 Å². The molecule has 1 N–H and O–H groups in total. The molecule has 1 aliphatic rings. The fourth-order valence-electron chi connectivity index (χ4n) is 3.47. The summed E-state index contributed by atoms with van der Waals surface area (Å²) in [7, 11) is 0. The predicted molar refractivity (Wildman–Crippen MR) is 124 cm³/mol. The molecule has 31 heavy (non-hydrogen) atoms. The van der Waals surface area contributed by atoms with E-state index in [2.05, 4.69) is 43.4 Å². The number of nitrogens with one attached hydrogen (secondary N) is 1. The van der Waals surface area contributed by atoms with Crippen LogP contribution in [-0.2, 0) is 5.41 Å². The largest absolute Gasteiger partial charge is 0.269 e. The van der Waals surface area contributed by atoms with Gasteiger partial charge in [-0.1, -0.05) is 56.7 Å². The molecule has 0 bridgehead atoms. The van der Waals surface area contributed by atoms with Crippen LogP contribution in [0, 0.1) is 17.0 Å². The Morgan fingerprint density at radius 2 is 1.55 bits per heavy atom. The average Bonchev–Trinajstić information content (AvgIpc) is 2.93. The van der Waals surface area contributed by atoms with Crippen LogP contribution in [0.1, 0.15) is 48.6 Å². The van der Waals surface area contributed by atoms with Crippen LogP contribution < -0.4 is 5.43 Å². The molecule has 1 aliphatic heterocycles. The highest BCUT2D eigenvalue weighted by Crippen LogP contribution is 2.28. The van der Waals surface area contributed by atoms with Crippen LogP contribution >= 0.6 is 0 Å². The fraction of sp³-hybridized carbons (Fsp3) is 0.200. The fourth-order valence-corrected chi connectivity index (χ4v) is 3.47. The molecule has 4 rings (SSSR count). The molecular formula is C25H24N4O2. The van der Waals surface area contributed by atoms with E-state index in [0.29, 0.717) is 11.5 Å². The molecule has 0 saturated heterocycles. The molecule has 6 heteroatoms. The van der Waals surface area contributed by atoms with Crippen molar-refractivity contribution in [1.29, 1.82) is 0 Å². The number of hydrazone groups is 1. The van der Waals surface area contributed by atoms with Gasteiger partial charge in [0, 0.05) is 28.8 Å². The van der Waals surface area contributed by atoms with Gasteiger partial charge in [0.15, 0.2) is 5.84 Å². The lowest BCUT2D eigenvalue weighted by Gasteiger charge is -2.19. The zero-order valence-corrected chi connectivity index (χ0v) is 18.0. The number of nitro benzene ring substituents is 1. The number of rotatable bonds is 3. The summed E-state index contributed by atoms with van der Waals surface area (Å²) in [5.74, 6) is 0.655. The lowest BCUT2D eigenvalue weighted by atomic mass is 9.86. The summed E-state index contributed by atoms with van der Waals surface area (Å²) in [5, 5.41) is 15.7. The smallest absolute Gasteiger partial charge is 0.260 e. The molecule has 3 aromatic rings. The minimum absolute atomic E-state index is 0.0475. The van der Waals surface area contributed by atoms with Gasteiger partial charge in [-0.3, -0.25) is 15.5 Å².